The first-order chi connectivity index (χ1) is 10.2. The van der Waals surface area contributed by atoms with E-state index in [1.807, 2.05) is 0 Å². The molecule has 0 aromatic heterocycles. The molecule has 7 heteroatoms. The van der Waals surface area contributed by atoms with Crippen LogP contribution in [-0.2, 0) is 23.7 Å². The Bertz CT molecular complexity index is 469. The predicted molar refractivity (Wildman–Crippen MR) is 77.3 cm³/mol. The second-order valence-corrected chi connectivity index (χ2v) is 6.57. The molecule has 2 fully saturated rings. The lowest BCUT2D eigenvalue weighted by Gasteiger charge is -2.23. The highest BCUT2D eigenvalue weighted by Gasteiger charge is 2.50. The largest absolute Gasteiger partial charge is 0.454 e. The minimum absolute atomic E-state index is 0.237. The first-order valence-corrected chi connectivity index (χ1v) is 7.26. The van der Waals surface area contributed by atoms with Gasteiger partial charge in [-0.25, -0.2) is 9.59 Å². The Balaban J connectivity index is 1.89. The van der Waals surface area contributed by atoms with E-state index in [4.69, 9.17) is 18.9 Å². The van der Waals surface area contributed by atoms with Crippen molar-refractivity contribution >= 4 is 12.1 Å². The molecular weight excluding hydrogens is 290 g/mol. The van der Waals surface area contributed by atoms with Crippen molar-refractivity contribution in [1.82, 2.24) is 5.32 Å². The molecule has 2 aliphatic heterocycles. The average molecular weight is 313 g/mol. The van der Waals surface area contributed by atoms with Crippen LogP contribution in [0.4, 0.5) is 4.79 Å². The lowest BCUT2D eigenvalue weighted by molar-refractivity contribution is -0.148. The molecule has 0 unspecified atom stereocenters. The lowest BCUT2D eigenvalue weighted by atomic mass is 10.1. The average Bonchev–Trinajstić information content (AvgIpc) is 2.91. The molecule has 0 aromatic rings. The van der Waals surface area contributed by atoms with Gasteiger partial charge in [0, 0.05) is 5.57 Å². The van der Waals surface area contributed by atoms with E-state index < -0.39 is 23.8 Å². The van der Waals surface area contributed by atoms with Crippen LogP contribution < -0.4 is 5.32 Å². The van der Waals surface area contributed by atoms with Gasteiger partial charge in [-0.15, -0.1) is 0 Å². The molecule has 2 rings (SSSR count). The first-order valence-electron chi connectivity index (χ1n) is 7.26. The van der Waals surface area contributed by atoms with Gasteiger partial charge in [-0.1, -0.05) is 6.58 Å². The SMILES string of the molecule is C=C(C)C(=O)O[C@@H]1CO[C@H]2[C@@H]1OC[C@@H]2NC(=O)OC(C)(C)C. The number of amides is 1. The normalized spacial score (nSPS) is 30.5. The topological polar surface area (TPSA) is 83.1 Å². The summed E-state index contributed by atoms with van der Waals surface area (Å²) < 4.78 is 21.7. The third-order valence-electron chi connectivity index (χ3n) is 3.32. The Kier molecular flexibility index (Phi) is 4.77. The van der Waals surface area contributed by atoms with Crippen LogP contribution in [0.1, 0.15) is 27.7 Å². The molecule has 2 aliphatic rings. The first kappa shape index (κ1) is 16.8. The summed E-state index contributed by atoms with van der Waals surface area (Å²) in [6.45, 7) is 11.0. The summed E-state index contributed by atoms with van der Waals surface area (Å²) in [6, 6.07) is -0.326. The highest BCUT2D eigenvalue weighted by molar-refractivity contribution is 5.87. The van der Waals surface area contributed by atoms with Crippen molar-refractivity contribution in [2.75, 3.05) is 13.2 Å². The number of hydrogen-bond acceptors (Lipinski definition) is 6. The van der Waals surface area contributed by atoms with Gasteiger partial charge in [0.2, 0.25) is 0 Å². The summed E-state index contributed by atoms with van der Waals surface area (Å²) in [5.41, 5.74) is -0.246. The molecule has 22 heavy (non-hydrogen) atoms. The summed E-state index contributed by atoms with van der Waals surface area (Å²) in [5, 5.41) is 2.73. The van der Waals surface area contributed by atoms with Crippen LogP contribution in [0.25, 0.3) is 0 Å². The number of rotatable bonds is 3. The summed E-state index contributed by atoms with van der Waals surface area (Å²) in [6.07, 6.45) is -1.74. The molecule has 0 radical (unpaired) electrons. The van der Waals surface area contributed by atoms with Gasteiger partial charge in [-0.3, -0.25) is 0 Å². The lowest BCUT2D eigenvalue weighted by Crippen LogP contribution is -2.46. The second kappa shape index (κ2) is 6.26. The number of nitrogens with one attached hydrogen (secondary N) is 1. The number of hydrogen-bond donors (Lipinski definition) is 1. The molecule has 0 aromatic carbocycles. The molecule has 0 saturated carbocycles. The molecule has 2 saturated heterocycles. The zero-order valence-corrected chi connectivity index (χ0v) is 13.4. The third kappa shape index (κ3) is 3.98. The molecule has 4 atom stereocenters. The zero-order valence-electron chi connectivity index (χ0n) is 13.4. The maximum atomic E-state index is 11.8. The molecular formula is C15H23NO6. The van der Waals surface area contributed by atoms with Crippen LogP contribution in [0.15, 0.2) is 12.2 Å². The van der Waals surface area contributed by atoms with Crippen molar-refractivity contribution in [3.05, 3.63) is 12.2 Å². The summed E-state index contributed by atoms with van der Waals surface area (Å²) in [4.78, 5) is 23.4. The number of ether oxygens (including phenoxy) is 4. The van der Waals surface area contributed by atoms with E-state index in [1.165, 1.54) is 0 Å². The van der Waals surface area contributed by atoms with Crippen LogP contribution >= 0.6 is 0 Å². The van der Waals surface area contributed by atoms with E-state index in [0.29, 0.717) is 5.57 Å². The maximum Gasteiger partial charge on any atom is 0.408 e. The van der Waals surface area contributed by atoms with Crippen molar-refractivity contribution < 1.29 is 28.5 Å². The van der Waals surface area contributed by atoms with Gasteiger partial charge < -0.3 is 24.3 Å². The number of esters is 1. The van der Waals surface area contributed by atoms with Crippen molar-refractivity contribution in [1.29, 1.82) is 0 Å². The molecule has 0 spiro atoms. The van der Waals surface area contributed by atoms with Gasteiger partial charge in [0.25, 0.3) is 0 Å². The van der Waals surface area contributed by atoms with Crippen LogP contribution in [0.5, 0.6) is 0 Å². The molecule has 0 bridgehead atoms. The number of carbonyl (C=O) groups excluding carboxylic acids is 2. The van der Waals surface area contributed by atoms with E-state index >= 15 is 0 Å². The highest BCUT2D eigenvalue weighted by atomic mass is 16.6. The van der Waals surface area contributed by atoms with Crippen molar-refractivity contribution in [3.8, 4) is 0 Å². The van der Waals surface area contributed by atoms with Gasteiger partial charge in [0.15, 0.2) is 6.10 Å². The fourth-order valence-corrected chi connectivity index (χ4v) is 2.39. The number of alkyl carbamates (subject to hydrolysis) is 1. The second-order valence-electron chi connectivity index (χ2n) is 6.57. The molecule has 1 N–H and O–H groups in total. The summed E-state index contributed by atoms with van der Waals surface area (Å²) >= 11 is 0. The minimum Gasteiger partial charge on any atom is -0.454 e. The molecule has 7 nitrogen and oxygen atoms in total. The van der Waals surface area contributed by atoms with E-state index in [2.05, 4.69) is 11.9 Å². The van der Waals surface area contributed by atoms with Crippen LogP contribution in [0.3, 0.4) is 0 Å². The fourth-order valence-electron chi connectivity index (χ4n) is 2.39. The molecule has 1 amide bonds. The van der Waals surface area contributed by atoms with Gasteiger partial charge in [0.1, 0.15) is 17.8 Å². The quantitative estimate of drug-likeness (QED) is 0.622. The Morgan fingerprint density at radius 2 is 1.82 bits per heavy atom. The molecule has 124 valence electrons. The maximum absolute atomic E-state index is 11.8. The monoisotopic (exact) mass is 313 g/mol. The van der Waals surface area contributed by atoms with Crippen LogP contribution in [0.2, 0.25) is 0 Å². The van der Waals surface area contributed by atoms with Crippen LogP contribution in [-0.4, -0.2) is 55.2 Å². The van der Waals surface area contributed by atoms with E-state index in [0.717, 1.165) is 0 Å². The van der Waals surface area contributed by atoms with E-state index in [1.54, 1.807) is 27.7 Å². The van der Waals surface area contributed by atoms with Crippen molar-refractivity contribution in [3.63, 3.8) is 0 Å². The standard InChI is InChI=1S/C15H23NO6/c1-8(2)13(17)21-10-7-20-11-9(6-19-12(10)11)16-14(18)22-15(3,4)5/h9-12H,1,6-7H2,2-5H3,(H,16,18)/t9-,10+,11+,12+/m0/s1. The highest BCUT2D eigenvalue weighted by Crippen LogP contribution is 2.29. The van der Waals surface area contributed by atoms with Gasteiger partial charge in [-0.2, -0.15) is 0 Å². The Hall–Kier alpha value is -1.60. The van der Waals surface area contributed by atoms with Crippen molar-refractivity contribution in [2.45, 2.75) is 57.6 Å². The van der Waals surface area contributed by atoms with E-state index in [-0.39, 0.29) is 31.5 Å². The van der Waals surface area contributed by atoms with Crippen molar-refractivity contribution in [2.24, 2.45) is 0 Å². The number of fused-ring (bicyclic) bond motifs is 1. The Labute approximate surface area is 129 Å². The van der Waals surface area contributed by atoms with Gasteiger partial charge in [0.05, 0.1) is 19.3 Å². The summed E-state index contributed by atoms with van der Waals surface area (Å²) in [7, 11) is 0. The third-order valence-corrected chi connectivity index (χ3v) is 3.32. The Morgan fingerprint density at radius 1 is 1.18 bits per heavy atom. The fraction of sp³-hybridized carbons (Fsp3) is 0.733. The van der Waals surface area contributed by atoms with Gasteiger partial charge in [-0.05, 0) is 27.7 Å². The molecule has 2 heterocycles. The number of carbonyl (C=O) groups is 2. The smallest absolute Gasteiger partial charge is 0.408 e. The van der Waals surface area contributed by atoms with Gasteiger partial charge >= 0.3 is 12.1 Å². The predicted octanol–water partition coefficient (Wildman–Crippen LogP) is 1.17. The van der Waals surface area contributed by atoms with Crippen LogP contribution in [0, 0.1) is 0 Å². The molecule has 0 aliphatic carbocycles. The Morgan fingerprint density at radius 3 is 2.41 bits per heavy atom. The minimum atomic E-state index is -0.570. The zero-order chi connectivity index (χ0) is 16.5. The summed E-state index contributed by atoms with van der Waals surface area (Å²) in [5.74, 6) is -0.471. The van der Waals surface area contributed by atoms with E-state index in [9.17, 15) is 9.59 Å².